The topological polar surface area (TPSA) is 47.1 Å². The lowest BCUT2D eigenvalue weighted by molar-refractivity contribution is 0.386. The first-order valence-electron chi connectivity index (χ1n) is 4.93. The van der Waals surface area contributed by atoms with Crippen LogP contribution in [0.4, 0.5) is 5.69 Å². The number of nitrogen functional groups attached to an aromatic ring is 1. The molecule has 1 aromatic carbocycles. The zero-order chi connectivity index (χ0) is 11.0. The summed E-state index contributed by atoms with van der Waals surface area (Å²) in [7, 11) is 6.10. The summed E-state index contributed by atoms with van der Waals surface area (Å²) < 4.78 is 2.11. The third-order valence-corrected chi connectivity index (χ3v) is 2.46. The number of rotatable bonds is 2. The van der Waals surface area contributed by atoms with E-state index in [9.17, 15) is 0 Å². The second-order valence-electron chi connectivity index (χ2n) is 4.07. The second-order valence-corrected chi connectivity index (χ2v) is 4.07. The van der Waals surface area contributed by atoms with Crippen molar-refractivity contribution in [2.75, 3.05) is 19.8 Å². The summed E-state index contributed by atoms with van der Waals surface area (Å²) >= 11 is 0. The van der Waals surface area contributed by atoms with Crippen LogP contribution in [-0.2, 0) is 13.6 Å². The van der Waals surface area contributed by atoms with Crippen LogP contribution in [0, 0.1) is 0 Å². The number of benzene rings is 1. The first kappa shape index (κ1) is 9.98. The molecule has 4 heteroatoms. The Morgan fingerprint density at radius 3 is 2.80 bits per heavy atom. The molecule has 0 radical (unpaired) electrons. The van der Waals surface area contributed by atoms with Gasteiger partial charge in [-0.3, -0.25) is 0 Å². The largest absolute Gasteiger partial charge is 0.399 e. The second kappa shape index (κ2) is 3.55. The van der Waals surface area contributed by atoms with Crippen molar-refractivity contribution in [2.45, 2.75) is 6.54 Å². The first-order chi connectivity index (χ1) is 7.08. The van der Waals surface area contributed by atoms with Gasteiger partial charge in [-0.2, -0.15) is 0 Å². The van der Waals surface area contributed by atoms with E-state index >= 15 is 0 Å². The SMILES string of the molecule is CN(C)Cc1nc2cc(N)ccc2n1C. The van der Waals surface area contributed by atoms with E-state index in [0.29, 0.717) is 0 Å². The van der Waals surface area contributed by atoms with E-state index in [1.807, 2.05) is 39.3 Å². The predicted octanol–water partition coefficient (Wildman–Crippen LogP) is 1.22. The molecule has 0 unspecified atom stereocenters. The summed E-state index contributed by atoms with van der Waals surface area (Å²) in [4.78, 5) is 6.66. The van der Waals surface area contributed by atoms with Gasteiger partial charge in [0.15, 0.2) is 0 Å². The van der Waals surface area contributed by atoms with Crippen LogP contribution in [0.25, 0.3) is 11.0 Å². The number of aromatic nitrogens is 2. The third kappa shape index (κ3) is 1.80. The van der Waals surface area contributed by atoms with Gasteiger partial charge in [0.05, 0.1) is 17.6 Å². The molecule has 0 aliphatic rings. The van der Waals surface area contributed by atoms with Gasteiger partial charge in [0.2, 0.25) is 0 Å². The number of anilines is 1. The molecule has 0 spiro atoms. The van der Waals surface area contributed by atoms with Crippen LogP contribution in [0.1, 0.15) is 5.82 Å². The highest BCUT2D eigenvalue weighted by molar-refractivity contribution is 5.79. The van der Waals surface area contributed by atoms with E-state index in [1.54, 1.807) is 0 Å². The standard InChI is InChI=1S/C11H16N4/c1-14(2)7-11-13-9-6-8(12)4-5-10(9)15(11)3/h4-6H,7,12H2,1-3H3. The number of hydrogen-bond donors (Lipinski definition) is 1. The van der Waals surface area contributed by atoms with Crippen LogP contribution in [0.2, 0.25) is 0 Å². The average molecular weight is 204 g/mol. The summed E-state index contributed by atoms with van der Waals surface area (Å²) in [6.45, 7) is 0.838. The Morgan fingerprint density at radius 2 is 2.13 bits per heavy atom. The quantitative estimate of drug-likeness (QED) is 0.748. The Labute approximate surface area is 89.3 Å². The van der Waals surface area contributed by atoms with Crippen molar-refractivity contribution in [2.24, 2.45) is 7.05 Å². The summed E-state index contributed by atoms with van der Waals surface area (Å²) in [6.07, 6.45) is 0. The van der Waals surface area contributed by atoms with Crippen LogP contribution in [0.5, 0.6) is 0 Å². The third-order valence-electron chi connectivity index (χ3n) is 2.46. The summed E-state index contributed by atoms with van der Waals surface area (Å²) in [5, 5.41) is 0. The van der Waals surface area contributed by atoms with E-state index in [1.165, 1.54) is 0 Å². The van der Waals surface area contributed by atoms with Crippen molar-refractivity contribution >= 4 is 16.7 Å². The number of nitrogens with two attached hydrogens (primary N) is 1. The van der Waals surface area contributed by atoms with E-state index in [2.05, 4.69) is 14.5 Å². The molecule has 0 amide bonds. The van der Waals surface area contributed by atoms with Crippen molar-refractivity contribution < 1.29 is 0 Å². The minimum Gasteiger partial charge on any atom is -0.399 e. The highest BCUT2D eigenvalue weighted by atomic mass is 15.1. The summed E-state index contributed by atoms with van der Waals surface area (Å²) in [6, 6.07) is 5.83. The maximum absolute atomic E-state index is 5.72. The van der Waals surface area contributed by atoms with Gasteiger partial charge in [-0.05, 0) is 32.3 Å². The number of fused-ring (bicyclic) bond motifs is 1. The Bertz CT molecular complexity index is 485. The van der Waals surface area contributed by atoms with Gasteiger partial charge in [-0.1, -0.05) is 0 Å². The van der Waals surface area contributed by atoms with E-state index < -0.39 is 0 Å². The molecule has 0 aliphatic carbocycles. The maximum atomic E-state index is 5.72. The van der Waals surface area contributed by atoms with Crippen LogP contribution < -0.4 is 5.73 Å². The van der Waals surface area contributed by atoms with Gasteiger partial charge in [0.25, 0.3) is 0 Å². The summed E-state index contributed by atoms with van der Waals surface area (Å²) in [5.74, 6) is 1.06. The fourth-order valence-corrected chi connectivity index (χ4v) is 1.69. The van der Waals surface area contributed by atoms with Gasteiger partial charge in [0, 0.05) is 12.7 Å². The molecule has 1 aromatic heterocycles. The average Bonchev–Trinajstić information content (AvgIpc) is 2.42. The van der Waals surface area contributed by atoms with Crippen molar-refractivity contribution in [1.82, 2.24) is 14.5 Å². The smallest absolute Gasteiger partial charge is 0.123 e. The molecule has 2 aromatic rings. The van der Waals surface area contributed by atoms with E-state index in [0.717, 1.165) is 29.1 Å². The zero-order valence-electron chi connectivity index (χ0n) is 9.36. The molecule has 0 atom stereocenters. The lowest BCUT2D eigenvalue weighted by Crippen LogP contribution is -2.14. The minimum atomic E-state index is 0.761. The monoisotopic (exact) mass is 204 g/mol. The molecular weight excluding hydrogens is 188 g/mol. The Balaban J connectivity index is 2.54. The highest BCUT2D eigenvalue weighted by Crippen LogP contribution is 2.18. The van der Waals surface area contributed by atoms with Gasteiger partial charge in [-0.25, -0.2) is 4.98 Å². The van der Waals surface area contributed by atoms with Crippen molar-refractivity contribution in [1.29, 1.82) is 0 Å². The molecule has 1 heterocycles. The van der Waals surface area contributed by atoms with E-state index in [4.69, 9.17) is 5.73 Å². The Hall–Kier alpha value is -1.55. The Morgan fingerprint density at radius 1 is 1.40 bits per heavy atom. The van der Waals surface area contributed by atoms with Gasteiger partial charge >= 0.3 is 0 Å². The van der Waals surface area contributed by atoms with Crippen LogP contribution in [-0.4, -0.2) is 28.5 Å². The molecule has 0 saturated carbocycles. The maximum Gasteiger partial charge on any atom is 0.123 e. The molecule has 0 fully saturated rings. The van der Waals surface area contributed by atoms with Gasteiger partial charge < -0.3 is 15.2 Å². The number of aryl methyl sites for hydroxylation is 1. The van der Waals surface area contributed by atoms with Crippen LogP contribution in [0.3, 0.4) is 0 Å². The molecule has 4 nitrogen and oxygen atoms in total. The highest BCUT2D eigenvalue weighted by Gasteiger charge is 2.07. The molecular formula is C11H16N4. The number of hydrogen-bond acceptors (Lipinski definition) is 3. The zero-order valence-corrected chi connectivity index (χ0v) is 9.36. The molecule has 80 valence electrons. The Kier molecular flexibility index (Phi) is 2.36. The van der Waals surface area contributed by atoms with Gasteiger partial charge in [-0.15, -0.1) is 0 Å². The fourth-order valence-electron chi connectivity index (χ4n) is 1.69. The molecule has 0 bridgehead atoms. The summed E-state index contributed by atoms with van der Waals surface area (Å²) in [5.41, 5.74) is 8.58. The molecule has 0 saturated heterocycles. The van der Waals surface area contributed by atoms with Crippen molar-refractivity contribution in [3.63, 3.8) is 0 Å². The fraction of sp³-hybridized carbons (Fsp3) is 0.364. The molecule has 0 aliphatic heterocycles. The molecule has 2 rings (SSSR count). The van der Waals surface area contributed by atoms with Crippen LogP contribution >= 0.6 is 0 Å². The normalized spacial score (nSPS) is 11.5. The lowest BCUT2D eigenvalue weighted by atomic mass is 10.3. The number of imidazole rings is 1. The first-order valence-corrected chi connectivity index (χ1v) is 4.93. The van der Waals surface area contributed by atoms with Gasteiger partial charge in [0.1, 0.15) is 5.82 Å². The molecule has 15 heavy (non-hydrogen) atoms. The minimum absolute atomic E-state index is 0.761. The van der Waals surface area contributed by atoms with Crippen LogP contribution in [0.15, 0.2) is 18.2 Å². The van der Waals surface area contributed by atoms with Crippen molar-refractivity contribution in [3.8, 4) is 0 Å². The number of nitrogens with zero attached hydrogens (tertiary/aromatic N) is 3. The van der Waals surface area contributed by atoms with E-state index in [-0.39, 0.29) is 0 Å². The molecule has 2 N–H and O–H groups in total. The predicted molar refractivity (Wildman–Crippen MR) is 62.5 cm³/mol. The lowest BCUT2D eigenvalue weighted by Gasteiger charge is -2.08. The van der Waals surface area contributed by atoms with Crippen molar-refractivity contribution in [3.05, 3.63) is 24.0 Å².